The van der Waals surface area contributed by atoms with Crippen molar-refractivity contribution in [3.63, 3.8) is 0 Å². The highest BCUT2D eigenvalue weighted by Crippen LogP contribution is 2.35. The molecule has 2 atom stereocenters. The number of hydrogen-bond acceptors (Lipinski definition) is 0. The summed E-state index contributed by atoms with van der Waals surface area (Å²) in [6.45, 7) is 4.19. The van der Waals surface area contributed by atoms with Gasteiger partial charge in [-0.2, -0.15) is 0 Å². The van der Waals surface area contributed by atoms with Gasteiger partial charge in [0.1, 0.15) is 6.17 Å². The molecule has 1 aliphatic rings. The number of hydrogen-bond donors (Lipinski definition) is 0. The topological polar surface area (TPSA) is 0 Å². The van der Waals surface area contributed by atoms with Crippen LogP contribution in [0.2, 0.25) is 0 Å². The fourth-order valence-corrected chi connectivity index (χ4v) is 1.24. The van der Waals surface area contributed by atoms with Gasteiger partial charge in [0, 0.05) is 0 Å². The normalized spacial score (nSPS) is 37.5. The van der Waals surface area contributed by atoms with Crippen molar-refractivity contribution in [2.75, 3.05) is 0 Å². The zero-order chi connectivity index (χ0) is 6.15. The summed E-state index contributed by atoms with van der Waals surface area (Å²) in [7, 11) is 0. The molecule has 1 aliphatic carbocycles. The largest absolute Gasteiger partial charge is 0.247 e. The van der Waals surface area contributed by atoms with E-state index in [1.807, 2.05) is 0 Å². The Morgan fingerprint density at radius 3 is 2.00 bits per heavy atom. The zero-order valence-electron chi connectivity index (χ0n) is 5.52. The lowest BCUT2D eigenvalue weighted by molar-refractivity contribution is 0.0749. The van der Waals surface area contributed by atoms with E-state index in [0.29, 0.717) is 11.8 Å². The molecule has 48 valence electrons. The average molecular weight is 116 g/mol. The molecule has 0 N–H and O–H groups in total. The first-order chi connectivity index (χ1) is 3.72. The van der Waals surface area contributed by atoms with Crippen LogP contribution in [-0.2, 0) is 0 Å². The lowest BCUT2D eigenvalue weighted by Gasteiger charge is -2.33. The Bertz CT molecular complexity index is 73.7. The van der Waals surface area contributed by atoms with Gasteiger partial charge in [0.25, 0.3) is 0 Å². The maximum atomic E-state index is 12.4. The van der Waals surface area contributed by atoms with Crippen molar-refractivity contribution >= 4 is 0 Å². The predicted octanol–water partition coefficient (Wildman–Crippen LogP) is 2.39. The third-order valence-corrected chi connectivity index (χ3v) is 2.10. The summed E-state index contributed by atoms with van der Waals surface area (Å²) >= 11 is 0. The molecule has 0 spiro atoms. The summed E-state index contributed by atoms with van der Waals surface area (Å²) in [5, 5.41) is 0. The van der Waals surface area contributed by atoms with Gasteiger partial charge in [-0.3, -0.25) is 0 Å². The molecule has 0 aromatic heterocycles. The van der Waals surface area contributed by atoms with Gasteiger partial charge < -0.3 is 0 Å². The minimum atomic E-state index is -0.477. The van der Waals surface area contributed by atoms with Gasteiger partial charge in [0.15, 0.2) is 0 Å². The Balaban J connectivity index is 2.26. The molecule has 0 amide bonds. The zero-order valence-corrected chi connectivity index (χ0v) is 5.52. The van der Waals surface area contributed by atoms with Crippen molar-refractivity contribution in [2.24, 2.45) is 11.8 Å². The highest BCUT2D eigenvalue weighted by Gasteiger charge is 2.32. The summed E-state index contributed by atoms with van der Waals surface area (Å²) in [6.07, 6.45) is 1.44. The van der Waals surface area contributed by atoms with Crippen LogP contribution < -0.4 is 0 Å². The molecule has 0 aliphatic heterocycles. The molecule has 0 aromatic rings. The van der Waals surface area contributed by atoms with Crippen molar-refractivity contribution in [3.8, 4) is 0 Å². The fraction of sp³-hybridized carbons (Fsp3) is 1.00. The van der Waals surface area contributed by atoms with Crippen LogP contribution in [-0.4, -0.2) is 6.17 Å². The Morgan fingerprint density at radius 1 is 1.38 bits per heavy atom. The van der Waals surface area contributed by atoms with Crippen LogP contribution in [0.5, 0.6) is 0 Å². The van der Waals surface area contributed by atoms with Crippen molar-refractivity contribution in [1.82, 2.24) is 0 Å². The standard InChI is InChI=1S/C7H13F/c1-5(2)6-3-4-7(6)8/h5-7H,3-4H2,1-2H3. The van der Waals surface area contributed by atoms with E-state index >= 15 is 0 Å². The molecule has 1 heteroatoms. The summed E-state index contributed by atoms with van der Waals surface area (Å²) < 4.78 is 12.4. The van der Waals surface area contributed by atoms with E-state index < -0.39 is 6.17 Å². The van der Waals surface area contributed by atoms with Gasteiger partial charge in [-0.25, -0.2) is 4.39 Å². The minimum absolute atomic E-state index is 0.384. The number of alkyl halides is 1. The van der Waals surface area contributed by atoms with Crippen LogP contribution in [0, 0.1) is 11.8 Å². The lowest BCUT2D eigenvalue weighted by atomic mass is 9.76. The van der Waals surface area contributed by atoms with E-state index in [2.05, 4.69) is 13.8 Å². The van der Waals surface area contributed by atoms with Gasteiger partial charge in [-0.15, -0.1) is 0 Å². The quantitative estimate of drug-likeness (QED) is 0.493. The van der Waals surface area contributed by atoms with Gasteiger partial charge in [-0.1, -0.05) is 13.8 Å². The van der Waals surface area contributed by atoms with Crippen LogP contribution in [0.25, 0.3) is 0 Å². The van der Waals surface area contributed by atoms with Gasteiger partial charge in [0.2, 0.25) is 0 Å². The third-order valence-electron chi connectivity index (χ3n) is 2.10. The highest BCUT2D eigenvalue weighted by molar-refractivity contribution is 4.82. The Morgan fingerprint density at radius 2 is 2.00 bits per heavy atom. The Hall–Kier alpha value is -0.0700. The van der Waals surface area contributed by atoms with E-state index in [0.717, 1.165) is 12.8 Å². The van der Waals surface area contributed by atoms with E-state index in [-0.39, 0.29) is 0 Å². The second-order valence-electron chi connectivity index (χ2n) is 3.00. The van der Waals surface area contributed by atoms with Crippen LogP contribution in [0.1, 0.15) is 26.7 Å². The summed E-state index contributed by atoms with van der Waals surface area (Å²) in [5.41, 5.74) is 0. The first-order valence-corrected chi connectivity index (χ1v) is 3.36. The summed E-state index contributed by atoms with van der Waals surface area (Å²) in [4.78, 5) is 0. The van der Waals surface area contributed by atoms with Crippen LogP contribution in [0.3, 0.4) is 0 Å². The molecule has 0 nitrogen and oxygen atoms in total. The molecule has 1 fully saturated rings. The molecule has 0 saturated heterocycles. The smallest absolute Gasteiger partial charge is 0.103 e. The first-order valence-electron chi connectivity index (χ1n) is 3.36. The van der Waals surface area contributed by atoms with Crippen molar-refractivity contribution in [1.29, 1.82) is 0 Å². The Kier molecular flexibility index (Phi) is 1.54. The van der Waals surface area contributed by atoms with Crippen molar-refractivity contribution < 1.29 is 4.39 Å². The predicted molar refractivity (Wildman–Crippen MR) is 32.5 cm³/mol. The van der Waals surface area contributed by atoms with Crippen LogP contribution >= 0.6 is 0 Å². The van der Waals surface area contributed by atoms with Gasteiger partial charge in [0.05, 0.1) is 0 Å². The van der Waals surface area contributed by atoms with E-state index in [9.17, 15) is 4.39 Å². The molecular formula is C7H13F. The molecule has 8 heavy (non-hydrogen) atoms. The second-order valence-corrected chi connectivity index (χ2v) is 3.00. The molecule has 1 saturated carbocycles. The maximum Gasteiger partial charge on any atom is 0.103 e. The molecule has 0 bridgehead atoms. The minimum Gasteiger partial charge on any atom is -0.247 e. The van der Waals surface area contributed by atoms with Gasteiger partial charge >= 0.3 is 0 Å². The average Bonchev–Trinajstić information content (AvgIpc) is 1.61. The molecule has 0 heterocycles. The molecule has 1 rings (SSSR count). The van der Waals surface area contributed by atoms with Crippen molar-refractivity contribution in [2.45, 2.75) is 32.9 Å². The second kappa shape index (κ2) is 2.04. The third kappa shape index (κ3) is 0.862. The first kappa shape index (κ1) is 6.06. The van der Waals surface area contributed by atoms with Crippen LogP contribution in [0.15, 0.2) is 0 Å². The van der Waals surface area contributed by atoms with E-state index in [1.165, 1.54) is 0 Å². The summed E-state index contributed by atoms with van der Waals surface area (Å²) in [5.74, 6) is 0.939. The van der Waals surface area contributed by atoms with Gasteiger partial charge in [-0.05, 0) is 24.7 Å². The fourth-order valence-electron chi connectivity index (χ4n) is 1.24. The maximum absolute atomic E-state index is 12.4. The lowest BCUT2D eigenvalue weighted by Crippen LogP contribution is -2.31. The SMILES string of the molecule is CC(C)C1CCC1F. The molecule has 0 aromatic carbocycles. The van der Waals surface area contributed by atoms with Crippen LogP contribution in [0.4, 0.5) is 4.39 Å². The van der Waals surface area contributed by atoms with E-state index in [1.54, 1.807) is 0 Å². The monoisotopic (exact) mass is 116 g/mol. The molecule has 0 radical (unpaired) electrons. The Labute approximate surface area is 50.1 Å². The molecular weight excluding hydrogens is 103 g/mol. The van der Waals surface area contributed by atoms with E-state index in [4.69, 9.17) is 0 Å². The highest BCUT2D eigenvalue weighted by atomic mass is 19.1. The number of halogens is 1. The number of rotatable bonds is 1. The molecule has 2 unspecified atom stereocenters. The summed E-state index contributed by atoms with van der Waals surface area (Å²) in [6, 6.07) is 0. The van der Waals surface area contributed by atoms with Crippen molar-refractivity contribution in [3.05, 3.63) is 0 Å².